The van der Waals surface area contributed by atoms with E-state index in [0.29, 0.717) is 17.3 Å². The van der Waals surface area contributed by atoms with Gasteiger partial charge < -0.3 is 10.5 Å². The van der Waals surface area contributed by atoms with Gasteiger partial charge in [0.15, 0.2) is 5.75 Å². The molecule has 3 rings (SSSR count). The highest BCUT2D eigenvalue weighted by atomic mass is 32.1. The van der Waals surface area contributed by atoms with Crippen LogP contribution in [0.4, 0.5) is 5.69 Å². The number of thiophene rings is 1. The smallest absolute Gasteiger partial charge is 0.240 e. The zero-order valence-corrected chi connectivity index (χ0v) is 9.65. The average Bonchev–Trinajstić information content (AvgIpc) is 2.81. The number of rotatable bonds is 2. The first-order valence-corrected chi connectivity index (χ1v) is 5.93. The second kappa shape index (κ2) is 4.03. The fourth-order valence-electron chi connectivity index (χ4n) is 1.52. The Labute approximate surface area is 102 Å². The maximum Gasteiger partial charge on any atom is 0.240 e. The summed E-state index contributed by atoms with van der Waals surface area (Å²) in [5.74, 6) is 1.16. The van der Waals surface area contributed by atoms with E-state index in [4.69, 9.17) is 10.5 Å². The maximum atomic E-state index is 5.82. The normalized spacial score (nSPS) is 10.6. The van der Waals surface area contributed by atoms with Crippen molar-refractivity contribution in [2.45, 2.75) is 0 Å². The van der Waals surface area contributed by atoms with Gasteiger partial charge in [0.1, 0.15) is 11.0 Å². The van der Waals surface area contributed by atoms with Gasteiger partial charge in [0, 0.05) is 0 Å². The third kappa shape index (κ3) is 1.81. The van der Waals surface area contributed by atoms with E-state index >= 15 is 0 Å². The molecule has 4 nitrogen and oxygen atoms in total. The van der Waals surface area contributed by atoms with Gasteiger partial charge in [-0.15, -0.1) is 11.3 Å². The molecule has 0 bridgehead atoms. The minimum Gasteiger partial charge on any atom is -0.435 e. The summed E-state index contributed by atoms with van der Waals surface area (Å²) in [7, 11) is 0. The fourth-order valence-corrected chi connectivity index (χ4v) is 2.29. The van der Waals surface area contributed by atoms with E-state index in [1.54, 1.807) is 17.4 Å². The Kier molecular flexibility index (Phi) is 2.38. The number of para-hydroxylation sites is 2. The Hall–Kier alpha value is -2.14. The molecule has 5 heteroatoms. The van der Waals surface area contributed by atoms with Crippen molar-refractivity contribution in [3.63, 3.8) is 0 Å². The number of aromatic nitrogens is 2. The first kappa shape index (κ1) is 10.0. The minimum atomic E-state index is 0.544. The van der Waals surface area contributed by atoms with Crippen LogP contribution in [0.15, 0.2) is 42.0 Å². The fraction of sp³-hybridized carbons (Fsp3) is 0. The van der Waals surface area contributed by atoms with Gasteiger partial charge in [-0.3, -0.25) is 0 Å². The van der Waals surface area contributed by atoms with Crippen molar-refractivity contribution in [1.29, 1.82) is 0 Å². The van der Waals surface area contributed by atoms with Gasteiger partial charge in [0.05, 0.1) is 11.2 Å². The first-order chi connectivity index (χ1) is 8.34. The summed E-state index contributed by atoms with van der Waals surface area (Å²) in [5, 5.41) is 1.96. The molecule has 0 saturated heterocycles. The Morgan fingerprint density at radius 2 is 2.00 bits per heavy atom. The molecule has 0 atom stereocenters. The molecule has 1 aromatic carbocycles. The van der Waals surface area contributed by atoms with Crippen molar-refractivity contribution in [2.75, 3.05) is 5.73 Å². The van der Waals surface area contributed by atoms with E-state index in [1.165, 1.54) is 6.33 Å². The number of hydrogen-bond donors (Lipinski definition) is 1. The van der Waals surface area contributed by atoms with Gasteiger partial charge in [-0.2, -0.15) is 0 Å². The third-order valence-electron chi connectivity index (χ3n) is 2.34. The Balaban J connectivity index is 2.06. The lowest BCUT2D eigenvalue weighted by Crippen LogP contribution is -1.93. The van der Waals surface area contributed by atoms with Gasteiger partial charge >= 0.3 is 0 Å². The molecule has 0 aliphatic rings. The molecule has 0 fully saturated rings. The molecule has 2 heterocycles. The van der Waals surface area contributed by atoms with Crippen molar-refractivity contribution in [3.8, 4) is 11.6 Å². The largest absolute Gasteiger partial charge is 0.435 e. The summed E-state index contributed by atoms with van der Waals surface area (Å²) in [4.78, 5) is 8.29. The Morgan fingerprint density at radius 3 is 2.88 bits per heavy atom. The summed E-state index contributed by atoms with van der Waals surface area (Å²) in [6.45, 7) is 0. The van der Waals surface area contributed by atoms with Crippen LogP contribution in [-0.4, -0.2) is 9.97 Å². The summed E-state index contributed by atoms with van der Waals surface area (Å²) >= 11 is 1.55. The van der Waals surface area contributed by atoms with Crippen molar-refractivity contribution >= 4 is 27.2 Å². The van der Waals surface area contributed by atoms with Crippen molar-refractivity contribution in [1.82, 2.24) is 9.97 Å². The average molecular weight is 243 g/mol. The molecule has 0 spiro atoms. The predicted molar refractivity (Wildman–Crippen MR) is 68.3 cm³/mol. The molecule has 84 valence electrons. The minimum absolute atomic E-state index is 0.544. The van der Waals surface area contributed by atoms with Crippen LogP contribution in [0.3, 0.4) is 0 Å². The molecule has 0 radical (unpaired) electrons. The Bertz CT molecular complexity index is 665. The van der Waals surface area contributed by atoms with Crippen molar-refractivity contribution in [2.24, 2.45) is 0 Å². The molecular weight excluding hydrogens is 234 g/mol. The van der Waals surface area contributed by atoms with E-state index in [9.17, 15) is 0 Å². The van der Waals surface area contributed by atoms with Crippen molar-refractivity contribution < 1.29 is 4.74 Å². The third-order valence-corrected chi connectivity index (χ3v) is 3.23. The van der Waals surface area contributed by atoms with Gasteiger partial charge in [0.25, 0.3) is 0 Å². The number of benzene rings is 1. The van der Waals surface area contributed by atoms with Gasteiger partial charge in [0.2, 0.25) is 5.88 Å². The number of hydrogen-bond acceptors (Lipinski definition) is 5. The topological polar surface area (TPSA) is 61.0 Å². The molecule has 0 unspecified atom stereocenters. The van der Waals surface area contributed by atoms with Crippen LogP contribution in [0, 0.1) is 0 Å². The van der Waals surface area contributed by atoms with Crippen LogP contribution >= 0.6 is 11.3 Å². The first-order valence-electron chi connectivity index (χ1n) is 5.05. The summed E-state index contributed by atoms with van der Waals surface area (Å²) in [6, 6.07) is 9.28. The number of nitrogens with zero attached hydrogens (tertiary/aromatic N) is 2. The SMILES string of the molecule is Nc1ccccc1Oc1ncnc2ccsc12. The van der Waals surface area contributed by atoms with E-state index in [0.717, 1.165) is 10.2 Å². The molecule has 3 aromatic rings. The summed E-state index contributed by atoms with van der Waals surface area (Å²) < 4.78 is 6.64. The molecule has 0 saturated carbocycles. The lowest BCUT2D eigenvalue weighted by Gasteiger charge is -2.07. The standard InChI is InChI=1S/C12H9N3OS/c13-8-3-1-2-4-10(8)16-12-11-9(5-6-17-11)14-7-15-12/h1-7H,13H2. The highest BCUT2D eigenvalue weighted by Gasteiger charge is 2.08. The lowest BCUT2D eigenvalue weighted by molar-refractivity contribution is 0.471. The molecule has 2 aromatic heterocycles. The van der Waals surface area contributed by atoms with E-state index < -0.39 is 0 Å². The number of anilines is 1. The van der Waals surface area contributed by atoms with E-state index in [-0.39, 0.29) is 0 Å². The molecule has 0 aliphatic heterocycles. The van der Waals surface area contributed by atoms with Crippen LogP contribution in [0.25, 0.3) is 10.2 Å². The molecule has 0 aliphatic carbocycles. The van der Waals surface area contributed by atoms with Crippen LogP contribution < -0.4 is 10.5 Å². The van der Waals surface area contributed by atoms with Crippen LogP contribution in [-0.2, 0) is 0 Å². The number of fused-ring (bicyclic) bond motifs is 1. The summed E-state index contributed by atoms with van der Waals surface area (Å²) in [5.41, 5.74) is 7.30. The Morgan fingerprint density at radius 1 is 1.12 bits per heavy atom. The molecule has 0 amide bonds. The summed E-state index contributed by atoms with van der Waals surface area (Å²) in [6.07, 6.45) is 1.49. The molecule has 2 N–H and O–H groups in total. The number of ether oxygens (including phenoxy) is 1. The predicted octanol–water partition coefficient (Wildman–Crippen LogP) is 3.07. The molecular formula is C12H9N3OS. The molecule has 17 heavy (non-hydrogen) atoms. The monoisotopic (exact) mass is 243 g/mol. The maximum absolute atomic E-state index is 5.82. The number of nitrogen functional groups attached to an aromatic ring is 1. The van der Waals surface area contributed by atoms with E-state index in [1.807, 2.05) is 29.6 Å². The van der Waals surface area contributed by atoms with Crippen LogP contribution in [0.5, 0.6) is 11.6 Å². The number of nitrogens with two attached hydrogens (primary N) is 1. The lowest BCUT2D eigenvalue weighted by atomic mass is 10.3. The van der Waals surface area contributed by atoms with Gasteiger partial charge in [-0.25, -0.2) is 9.97 Å². The van der Waals surface area contributed by atoms with E-state index in [2.05, 4.69) is 9.97 Å². The zero-order valence-electron chi connectivity index (χ0n) is 8.83. The highest BCUT2D eigenvalue weighted by molar-refractivity contribution is 7.17. The quantitative estimate of drug-likeness (QED) is 0.703. The van der Waals surface area contributed by atoms with Crippen LogP contribution in [0.2, 0.25) is 0 Å². The van der Waals surface area contributed by atoms with Gasteiger partial charge in [-0.05, 0) is 23.6 Å². The van der Waals surface area contributed by atoms with Crippen molar-refractivity contribution in [3.05, 3.63) is 42.0 Å². The second-order valence-electron chi connectivity index (χ2n) is 3.45. The zero-order chi connectivity index (χ0) is 11.7. The highest BCUT2D eigenvalue weighted by Crippen LogP contribution is 2.32. The second-order valence-corrected chi connectivity index (χ2v) is 4.37. The van der Waals surface area contributed by atoms with Gasteiger partial charge in [-0.1, -0.05) is 12.1 Å². The van der Waals surface area contributed by atoms with Crippen LogP contribution in [0.1, 0.15) is 0 Å².